The van der Waals surface area contributed by atoms with Gasteiger partial charge in [-0.1, -0.05) is 6.92 Å². The van der Waals surface area contributed by atoms with Gasteiger partial charge in [0.05, 0.1) is 5.56 Å². The molecule has 1 aromatic carbocycles. The summed E-state index contributed by atoms with van der Waals surface area (Å²) in [6, 6.07) is 1.60. The Labute approximate surface area is 128 Å². The Morgan fingerprint density at radius 1 is 0.957 bits per heavy atom. The number of nitrogens with two attached hydrogens (primary N) is 1. The minimum atomic E-state index is -2.27. The van der Waals surface area contributed by atoms with Crippen molar-refractivity contribution >= 4 is 5.82 Å². The molecule has 23 heavy (non-hydrogen) atoms. The van der Waals surface area contributed by atoms with E-state index in [1.807, 2.05) is 0 Å². The third-order valence-corrected chi connectivity index (χ3v) is 3.48. The van der Waals surface area contributed by atoms with Gasteiger partial charge in [0.2, 0.25) is 5.82 Å². The van der Waals surface area contributed by atoms with E-state index in [2.05, 4.69) is 4.98 Å². The van der Waals surface area contributed by atoms with Gasteiger partial charge in [-0.05, 0) is 18.9 Å². The average Bonchev–Trinajstić information content (AvgIpc) is 2.54. The standard InChI is InChI=1S/C15H10F5N3/c1-3-7-5(2)8(6(4-21)15(22)23-7)9-10(16)12(18)14(20)13(19)11(9)17/h3H2,1-2H3,(H2,22,23). The van der Waals surface area contributed by atoms with E-state index in [9.17, 15) is 22.0 Å². The van der Waals surface area contributed by atoms with Crippen molar-refractivity contribution in [1.29, 1.82) is 5.26 Å². The number of nitrogen functional groups attached to an aromatic ring is 1. The van der Waals surface area contributed by atoms with Crippen LogP contribution < -0.4 is 5.73 Å². The van der Waals surface area contributed by atoms with E-state index in [1.54, 1.807) is 13.0 Å². The molecule has 2 N–H and O–H groups in total. The van der Waals surface area contributed by atoms with Crippen LogP contribution in [-0.2, 0) is 6.42 Å². The minimum Gasteiger partial charge on any atom is -0.383 e. The third-order valence-electron chi connectivity index (χ3n) is 3.48. The summed E-state index contributed by atoms with van der Waals surface area (Å²) in [5.41, 5.74) is 3.94. The second-order valence-corrected chi connectivity index (χ2v) is 4.73. The summed E-state index contributed by atoms with van der Waals surface area (Å²) >= 11 is 0. The van der Waals surface area contributed by atoms with Gasteiger partial charge in [0.25, 0.3) is 0 Å². The van der Waals surface area contributed by atoms with Crippen molar-refractivity contribution in [1.82, 2.24) is 4.98 Å². The molecule has 0 unspecified atom stereocenters. The molecule has 1 aromatic heterocycles. The molecular weight excluding hydrogens is 317 g/mol. The second-order valence-electron chi connectivity index (χ2n) is 4.73. The molecule has 0 fully saturated rings. The maximum atomic E-state index is 14.1. The molecule has 120 valence electrons. The Morgan fingerprint density at radius 3 is 1.87 bits per heavy atom. The Hall–Kier alpha value is -2.69. The number of hydrogen-bond donors (Lipinski definition) is 1. The number of hydrogen-bond acceptors (Lipinski definition) is 3. The van der Waals surface area contributed by atoms with E-state index < -0.39 is 45.8 Å². The molecule has 0 bridgehead atoms. The molecule has 3 nitrogen and oxygen atoms in total. The van der Waals surface area contributed by atoms with Crippen LogP contribution in [0.15, 0.2) is 0 Å². The normalized spacial score (nSPS) is 10.7. The molecule has 0 aliphatic heterocycles. The quantitative estimate of drug-likeness (QED) is 0.519. The van der Waals surface area contributed by atoms with Gasteiger partial charge < -0.3 is 5.73 Å². The Balaban J connectivity index is 3.05. The summed E-state index contributed by atoms with van der Waals surface area (Å²) in [4.78, 5) is 3.92. The first-order valence-corrected chi connectivity index (χ1v) is 6.47. The number of rotatable bonds is 2. The number of nitriles is 1. The zero-order chi connectivity index (χ0) is 17.5. The van der Waals surface area contributed by atoms with E-state index in [1.165, 1.54) is 6.92 Å². The van der Waals surface area contributed by atoms with Gasteiger partial charge in [0, 0.05) is 11.3 Å². The molecular formula is C15H10F5N3. The summed E-state index contributed by atoms with van der Waals surface area (Å²) in [6.45, 7) is 3.04. The molecule has 0 spiro atoms. The second kappa shape index (κ2) is 5.83. The first-order chi connectivity index (χ1) is 10.8. The number of aryl methyl sites for hydroxylation is 1. The number of pyridine rings is 1. The van der Waals surface area contributed by atoms with Gasteiger partial charge in [-0.25, -0.2) is 26.9 Å². The van der Waals surface area contributed by atoms with Crippen molar-refractivity contribution in [3.8, 4) is 17.2 Å². The lowest BCUT2D eigenvalue weighted by molar-refractivity contribution is 0.381. The first kappa shape index (κ1) is 16.7. The van der Waals surface area contributed by atoms with E-state index in [0.29, 0.717) is 12.1 Å². The molecule has 0 atom stereocenters. The molecule has 1 heterocycles. The van der Waals surface area contributed by atoms with Crippen LogP contribution in [0.2, 0.25) is 0 Å². The fourth-order valence-corrected chi connectivity index (χ4v) is 2.34. The van der Waals surface area contributed by atoms with Gasteiger partial charge in [0.1, 0.15) is 17.5 Å². The lowest BCUT2D eigenvalue weighted by Gasteiger charge is -2.16. The smallest absolute Gasteiger partial charge is 0.200 e. The van der Waals surface area contributed by atoms with Crippen LogP contribution in [-0.4, -0.2) is 4.98 Å². The minimum absolute atomic E-state index is 0.126. The van der Waals surface area contributed by atoms with Gasteiger partial charge in [0.15, 0.2) is 23.3 Å². The van der Waals surface area contributed by atoms with E-state index in [0.717, 1.165) is 0 Å². The molecule has 8 heteroatoms. The average molecular weight is 327 g/mol. The zero-order valence-corrected chi connectivity index (χ0v) is 12.1. The Kier molecular flexibility index (Phi) is 4.23. The van der Waals surface area contributed by atoms with Gasteiger partial charge in [-0.3, -0.25) is 0 Å². The predicted molar refractivity (Wildman–Crippen MR) is 72.7 cm³/mol. The number of halogens is 5. The van der Waals surface area contributed by atoms with Crippen molar-refractivity contribution < 1.29 is 22.0 Å². The lowest BCUT2D eigenvalue weighted by atomic mass is 9.93. The molecule has 2 rings (SSSR count). The van der Waals surface area contributed by atoms with Crippen LogP contribution in [0.5, 0.6) is 0 Å². The molecule has 2 aromatic rings. The highest BCUT2D eigenvalue weighted by molar-refractivity contribution is 5.79. The predicted octanol–water partition coefficient (Wildman–Crippen LogP) is 3.77. The van der Waals surface area contributed by atoms with Gasteiger partial charge in [-0.2, -0.15) is 5.26 Å². The highest BCUT2D eigenvalue weighted by atomic mass is 19.2. The SMILES string of the molecule is CCc1nc(N)c(C#N)c(-c2c(F)c(F)c(F)c(F)c2F)c1C. The van der Waals surface area contributed by atoms with Crippen LogP contribution in [0.1, 0.15) is 23.7 Å². The van der Waals surface area contributed by atoms with Crippen molar-refractivity contribution in [3.05, 3.63) is 45.9 Å². The maximum absolute atomic E-state index is 14.1. The summed E-state index contributed by atoms with van der Waals surface area (Å²) in [6.07, 6.45) is 0.296. The lowest BCUT2D eigenvalue weighted by Crippen LogP contribution is -2.10. The Morgan fingerprint density at radius 2 is 1.43 bits per heavy atom. The maximum Gasteiger partial charge on any atom is 0.200 e. The van der Waals surface area contributed by atoms with Crippen LogP contribution in [0.25, 0.3) is 11.1 Å². The summed E-state index contributed by atoms with van der Waals surface area (Å²) in [7, 11) is 0. The van der Waals surface area contributed by atoms with Crippen molar-refractivity contribution in [2.24, 2.45) is 0 Å². The molecule has 0 aliphatic rings. The van der Waals surface area contributed by atoms with Crippen molar-refractivity contribution in [2.75, 3.05) is 5.73 Å². The highest BCUT2D eigenvalue weighted by Gasteiger charge is 2.30. The van der Waals surface area contributed by atoms with E-state index >= 15 is 0 Å². The largest absolute Gasteiger partial charge is 0.383 e. The van der Waals surface area contributed by atoms with Crippen LogP contribution in [0.3, 0.4) is 0 Å². The fourth-order valence-electron chi connectivity index (χ4n) is 2.34. The summed E-state index contributed by atoms with van der Waals surface area (Å²) in [5.74, 6) is -10.8. The summed E-state index contributed by atoms with van der Waals surface area (Å²) in [5, 5.41) is 9.15. The monoisotopic (exact) mass is 327 g/mol. The highest BCUT2D eigenvalue weighted by Crippen LogP contribution is 2.37. The third kappa shape index (κ3) is 2.38. The molecule has 0 saturated carbocycles. The zero-order valence-electron chi connectivity index (χ0n) is 12.1. The first-order valence-electron chi connectivity index (χ1n) is 6.47. The van der Waals surface area contributed by atoms with Crippen molar-refractivity contribution in [2.45, 2.75) is 20.3 Å². The Bertz CT molecular complexity index is 826. The van der Waals surface area contributed by atoms with Crippen LogP contribution in [0, 0.1) is 47.3 Å². The number of anilines is 1. The molecule has 0 aliphatic carbocycles. The van der Waals surface area contributed by atoms with Gasteiger partial charge >= 0.3 is 0 Å². The summed E-state index contributed by atoms with van der Waals surface area (Å²) < 4.78 is 68.2. The van der Waals surface area contributed by atoms with Crippen molar-refractivity contribution in [3.63, 3.8) is 0 Å². The van der Waals surface area contributed by atoms with E-state index in [4.69, 9.17) is 11.0 Å². The number of aromatic nitrogens is 1. The fraction of sp³-hybridized carbons (Fsp3) is 0.200. The van der Waals surface area contributed by atoms with Crippen LogP contribution >= 0.6 is 0 Å². The molecule has 0 saturated heterocycles. The number of nitrogens with zero attached hydrogens (tertiary/aromatic N) is 2. The molecule has 0 radical (unpaired) electrons. The van der Waals surface area contributed by atoms with Crippen LogP contribution in [0.4, 0.5) is 27.8 Å². The molecule has 0 amide bonds. The topological polar surface area (TPSA) is 62.7 Å². The van der Waals surface area contributed by atoms with Gasteiger partial charge in [-0.15, -0.1) is 0 Å². The number of benzene rings is 1. The van der Waals surface area contributed by atoms with E-state index in [-0.39, 0.29) is 11.4 Å².